The first-order valence-corrected chi connectivity index (χ1v) is 6.87. The molecule has 0 atom stereocenters. The summed E-state index contributed by atoms with van der Waals surface area (Å²) < 4.78 is 46.4. The summed E-state index contributed by atoms with van der Waals surface area (Å²) in [6.07, 6.45) is 0. The Labute approximate surface area is 142 Å². The predicted molar refractivity (Wildman–Crippen MR) is 82.5 cm³/mol. The molecule has 0 aliphatic heterocycles. The molecule has 0 aromatic heterocycles. The Kier molecular flexibility index (Phi) is 5.94. The molecule has 0 bridgehead atoms. The van der Waals surface area contributed by atoms with E-state index in [2.05, 4.69) is 9.47 Å². The Hall–Kier alpha value is -3.10. The highest BCUT2D eigenvalue weighted by atomic mass is 19.1. The lowest BCUT2D eigenvalue weighted by molar-refractivity contribution is 0.0591. The van der Waals surface area contributed by atoms with Crippen LogP contribution in [-0.4, -0.2) is 33.8 Å². The average Bonchev–Trinajstić information content (AvgIpc) is 2.62. The van der Waals surface area contributed by atoms with E-state index in [9.17, 15) is 18.4 Å². The van der Waals surface area contributed by atoms with Crippen molar-refractivity contribution in [3.05, 3.63) is 59.2 Å². The number of carbonyl (C=O) groups is 2. The van der Waals surface area contributed by atoms with Gasteiger partial charge < -0.3 is 18.8 Å². The predicted octanol–water partition coefficient (Wildman–Crippen LogP) is 2.53. The number of methoxy groups -OCH3 is 2. The fraction of sp³-hybridized carbons (Fsp3) is 0.125. The van der Waals surface area contributed by atoms with Gasteiger partial charge in [-0.2, -0.15) is 0 Å². The summed E-state index contributed by atoms with van der Waals surface area (Å²) in [6.45, 7) is 0. The fourth-order valence-corrected chi connectivity index (χ4v) is 1.81. The molecule has 0 saturated carbocycles. The van der Waals surface area contributed by atoms with E-state index in [0.717, 1.165) is 12.1 Å². The standard InChI is InChI=1S/C16H12BF2O6/c1-22-15(20)9-3-5-13(11(18)7-9)24-17-25-14-6-4-10(8-12(14)19)16(21)23-2/h3-8H,1-2H3. The largest absolute Gasteiger partial charge is 0.658 e. The Bertz CT molecular complexity index is 731. The van der Waals surface area contributed by atoms with Crippen molar-refractivity contribution < 1.29 is 37.2 Å². The summed E-state index contributed by atoms with van der Waals surface area (Å²) in [6, 6.07) is 6.84. The van der Waals surface area contributed by atoms with Crippen LogP contribution in [0, 0.1) is 11.6 Å². The summed E-state index contributed by atoms with van der Waals surface area (Å²) in [5.41, 5.74) is 0.0235. The molecule has 0 fully saturated rings. The van der Waals surface area contributed by atoms with Crippen LogP contribution in [0.25, 0.3) is 0 Å². The van der Waals surface area contributed by atoms with E-state index in [0.29, 0.717) is 7.69 Å². The van der Waals surface area contributed by atoms with Gasteiger partial charge in [-0.15, -0.1) is 0 Å². The van der Waals surface area contributed by atoms with Crippen molar-refractivity contribution in [3.63, 3.8) is 0 Å². The summed E-state index contributed by atoms with van der Waals surface area (Å²) in [4.78, 5) is 22.5. The lowest BCUT2D eigenvalue weighted by Gasteiger charge is -2.09. The SMILES string of the molecule is COC(=O)c1ccc(O[B]Oc2ccc(C(=O)OC)cc2F)c(F)c1. The van der Waals surface area contributed by atoms with Crippen LogP contribution in [0.4, 0.5) is 8.78 Å². The highest BCUT2D eigenvalue weighted by Gasteiger charge is 2.14. The first-order valence-electron chi connectivity index (χ1n) is 6.87. The van der Waals surface area contributed by atoms with Crippen molar-refractivity contribution in [1.29, 1.82) is 0 Å². The molecular weight excluding hydrogens is 337 g/mol. The molecule has 2 aromatic rings. The first-order chi connectivity index (χ1) is 12.0. The zero-order valence-electron chi connectivity index (χ0n) is 13.2. The van der Waals surface area contributed by atoms with Gasteiger partial charge in [0.25, 0.3) is 0 Å². The van der Waals surface area contributed by atoms with E-state index < -0.39 is 23.6 Å². The molecule has 0 aliphatic rings. The molecule has 6 nitrogen and oxygen atoms in total. The third-order valence-electron chi connectivity index (χ3n) is 3.06. The second kappa shape index (κ2) is 8.14. The number of benzene rings is 2. The molecule has 129 valence electrons. The van der Waals surface area contributed by atoms with Crippen molar-refractivity contribution in [2.24, 2.45) is 0 Å². The van der Waals surface area contributed by atoms with Crippen molar-refractivity contribution >= 4 is 19.6 Å². The maximum atomic E-state index is 13.8. The van der Waals surface area contributed by atoms with Crippen molar-refractivity contribution in [3.8, 4) is 11.5 Å². The molecule has 0 unspecified atom stereocenters. The molecule has 2 aromatic carbocycles. The number of hydrogen-bond donors (Lipinski definition) is 0. The van der Waals surface area contributed by atoms with Crippen molar-refractivity contribution in [1.82, 2.24) is 0 Å². The van der Waals surface area contributed by atoms with Crippen molar-refractivity contribution in [2.75, 3.05) is 14.2 Å². The molecule has 0 spiro atoms. The van der Waals surface area contributed by atoms with Crippen LogP contribution in [0.1, 0.15) is 20.7 Å². The first kappa shape index (κ1) is 18.2. The van der Waals surface area contributed by atoms with E-state index in [4.69, 9.17) is 9.31 Å². The summed E-state index contributed by atoms with van der Waals surface area (Å²) in [7, 11) is 3.06. The molecule has 0 amide bonds. The van der Waals surface area contributed by atoms with Gasteiger partial charge in [0.1, 0.15) is 11.5 Å². The molecule has 0 heterocycles. The van der Waals surface area contributed by atoms with E-state index in [1.165, 1.54) is 38.5 Å². The van der Waals surface area contributed by atoms with Gasteiger partial charge in [-0.1, -0.05) is 0 Å². The van der Waals surface area contributed by atoms with Crippen LogP contribution in [0.3, 0.4) is 0 Å². The molecule has 9 heteroatoms. The van der Waals surface area contributed by atoms with Crippen LogP contribution < -0.4 is 9.31 Å². The van der Waals surface area contributed by atoms with Crippen LogP contribution in [0.2, 0.25) is 0 Å². The monoisotopic (exact) mass is 349 g/mol. The van der Waals surface area contributed by atoms with E-state index >= 15 is 0 Å². The van der Waals surface area contributed by atoms with E-state index in [1.54, 1.807) is 0 Å². The number of ether oxygens (including phenoxy) is 2. The van der Waals surface area contributed by atoms with E-state index in [-0.39, 0.29) is 22.6 Å². The third kappa shape index (κ3) is 4.47. The molecule has 1 radical (unpaired) electrons. The quantitative estimate of drug-likeness (QED) is 0.590. The Morgan fingerprint density at radius 2 is 1.20 bits per heavy atom. The maximum Gasteiger partial charge on any atom is 0.658 e. The second-order valence-electron chi connectivity index (χ2n) is 4.61. The van der Waals surface area contributed by atoms with Gasteiger partial charge in [-0.25, -0.2) is 18.4 Å². The van der Waals surface area contributed by atoms with Crippen LogP contribution in [0.5, 0.6) is 11.5 Å². The zero-order chi connectivity index (χ0) is 18.4. The molecule has 0 N–H and O–H groups in total. The summed E-state index contributed by atoms with van der Waals surface area (Å²) >= 11 is 0. The summed E-state index contributed by atoms with van der Waals surface area (Å²) in [5, 5.41) is 0. The van der Waals surface area contributed by atoms with Gasteiger partial charge in [0.15, 0.2) is 11.6 Å². The van der Waals surface area contributed by atoms with Crippen LogP contribution in [-0.2, 0) is 9.47 Å². The zero-order valence-corrected chi connectivity index (χ0v) is 13.2. The normalized spacial score (nSPS) is 9.92. The number of hydrogen-bond acceptors (Lipinski definition) is 6. The van der Waals surface area contributed by atoms with Crippen molar-refractivity contribution in [2.45, 2.75) is 0 Å². The number of rotatable bonds is 6. The Balaban J connectivity index is 1.99. The molecule has 2 rings (SSSR count). The Morgan fingerprint density at radius 1 is 0.800 bits per heavy atom. The minimum absolute atomic E-state index is 0.0118. The lowest BCUT2D eigenvalue weighted by atomic mass is 10.2. The number of carbonyl (C=O) groups excluding carboxylic acids is 2. The van der Waals surface area contributed by atoms with Gasteiger partial charge in [0, 0.05) is 0 Å². The maximum absolute atomic E-state index is 13.8. The molecule has 0 saturated heterocycles. The average molecular weight is 349 g/mol. The lowest BCUT2D eigenvalue weighted by Crippen LogP contribution is -2.13. The van der Waals surface area contributed by atoms with Gasteiger partial charge in [0.2, 0.25) is 0 Å². The number of esters is 2. The second-order valence-corrected chi connectivity index (χ2v) is 4.61. The molecule has 0 aliphatic carbocycles. The Morgan fingerprint density at radius 3 is 1.52 bits per heavy atom. The van der Waals surface area contributed by atoms with Gasteiger partial charge in [-0.05, 0) is 36.4 Å². The minimum Gasteiger partial charge on any atom is -0.524 e. The highest BCUT2D eigenvalue weighted by molar-refractivity contribution is 6.20. The van der Waals surface area contributed by atoms with Gasteiger partial charge >= 0.3 is 19.6 Å². The van der Waals surface area contributed by atoms with Gasteiger partial charge in [-0.3, -0.25) is 0 Å². The summed E-state index contributed by atoms with van der Waals surface area (Å²) in [5.74, 6) is -3.52. The van der Waals surface area contributed by atoms with Gasteiger partial charge in [0.05, 0.1) is 25.3 Å². The molecular formula is C16H12BF2O6. The topological polar surface area (TPSA) is 71.1 Å². The van der Waals surface area contributed by atoms with Crippen LogP contribution >= 0.6 is 0 Å². The smallest absolute Gasteiger partial charge is 0.524 e. The highest BCUT2D eigenvalue weighted by Crippen LogP contribution is 2.21. The van der Waals surface area contributed by atoms with E-state index in [1.807, 2.05) is 0 Å². The number of halogens is 2. The minimum atomic E-state index is -0.829. The molecule has 25 heavy (non-hydrogen) atoms. The fourth-order valence-electron chi connectivity index (χ4n) is 1.81. The van der Waals surface area contributed by atoms with Crippen LogP contribution in [0.15, 0.2) is 36.4 Å². The third-order valence-corrected chi connectivity index (χ3v) is 3.06.